The highest BCUT2D eigenvalue weighted by Crippen LogP contribution is 2.18. The Hall–Kier alpha value is -1.59. The molecule has 0 aromatic rings. The minimum atomic E-state index is -0.763. The first-order chi connectivity index (χ1) is 26.7. The van der Waals surface area contributed by atoms with Crippen molar-refractivity contribution in [1.82, 2.24) is 0 Å². The van der Waals surface area contributed by atoms with Crippen LogP contribution in [0.3, 0.4) is 0 Å². The molecule has 3 atom stereocenters. The van der Waals surface area contributed by atoms with Gasteiger partial charge in [0.1, 0.15) is 13.2 Å². The van der Waals surface area contributed by atoms with E-state index < -0.39 is 6.10 Å². The van der Waals surface area contributed by atoms with Gasteiger partial charge in [0.25, 0.3) is 0 Å². The maximum Gasteiger partial charge on any atom is 0.306 e. The molecule has 0 saturated heterocycles. The van der Waals surface area contributed by atoms with Crippen LogP contribution in [0.25, 0.3) is 0 Å². The molecule has 0 aliphatic rings. The molecule has 0 N–H and O–H groups in total. The summed E-state index contributed by atoms with van der Waals surface area (Å²) in [5, 5.41) is 0. The standard InChI is InChI=1S/C49H94O6/c1-7-44(5)36-30-24-17-15-13-11-9-10-12-14-16-18-26-32-38-47(50)53-41-46(42-54-48(51)39-33-27-21-19-23-29-35-43(3)4)55-49(52)40-34-28-22-20-25-31-37-45(6)8-2/h43-46H,7-42H2,1-6H3/t44?,45?,46-/m0/s1. The van der Waals surface area contributed by atoms with Gasteiger partial charge in [-0.3, -0.25) is 14.4 Å². The van der Waals surface area contributed by atoms with E-state index in [1.165, 1.54) is 141 Å². The molecule has 0 amide bonds. The van der Waals surface area contributed by atoms with Gasteiger partial charge in [-0.25, -0.2) is 0 Å². The van der Waals surface area contributed by atoms with Gasteiger partial charge in [0.05, 0.1) is 0 Å². The summed E-state index contributed by atoms with van der Waals surface area (Å²) in [6.45, 7) is 13.6. The van der Waals surface area contributed by atoms with Crippen LogP contribution in [-0.4, -0.2) is 37.2 Å². The molecule has 6 nitrogen and oxygen atoms in total. The number of esters is 3. The summed E-state index contributed by atoms with van der Waals surface area (Å²) in [6.07, 6.45) is 38.2. The zero-order valence-electron chi connectivity index (χ0n) is 37.7. The summed E-state index contributed by atoms with van der Waals surface area (Å²) in [6, 6.07) is 0. The quantitative estimate of drug-likeness (QED) is 0.0349. The van der Waals surface area contributed by atoms with Crippen molar-refractivity contribution in [2.75, 3.05) is 13.2 Å². The Labute approximate surface area is 342 Å². The molecular weight excluding hydrogens is 685 g/mol. The summed E-state index contributed by atoms with van der Waals surface area (Å²) in [5.41, 5.74) is 0. The number of carbonyl (C=O) groups is 3. The lowest BCUT2D eigenvalue weighted by molar-refractivity contribution is -0.167. The van der Waals surface area contributed by atoms with Crippen LogP contribution in [0.4, 0.5) is 0 Å². The number of hydrogen-bond acceptors (Lipinski definition) is 6. The van der Waals surface area contributed by atoms with Gasteiger partial charge in [0.15, 0.2) is 6.10 Å². The summed E-state index contributed by atoms with van der Waals surface area (Å²) in [5.74, 6) is 1.60. The van der Waals surface area contributed by atoms with Crippen molar-refractivity contribution in [3.63, 3.8) is 0 Å². The van der Waals surface area contributed by atoms with Crippen molar-refractivity contribution < 1.29 is 28.6 Å². The molecule has 0 aliphatic heterocycles. The number of carbonyl (C=O) groups excluding carboxylic acids is 3. The van der Waals surface area contributed by atoms with Crippen molar-refractivity contribution in [3.8, 4) is 0 Å². The third-order valence-corrected chi connectivity index (χ3v) is 11.6. The molecule has 55 heavy (non-hydrogen) atoms. The largest absolute Gasteiger partial charge is 0.462 e. The monoisotopic (exact) mass is 779 g/mol. The van der Waals surface area contributed by atoms with Gasteiger partial charge in [-0.1, -0.05) is 221 Å². The van der Waals surface area contributed by atoms with Crippen LogP contribution in [0, 0.1) is 17.8 Å². The molecule has 0 heterocycles. The molecule has 6 heteroatoms. The van der Waals surface area contributed by atoms with Gasteiger partial charge in [-0.2, -0.15) is 0 Å². The first-order valence-corrected chi connectivity index (χ1v) is 24.2. The van der Waals surface area contributed by atoms with Gasteiger partial charge in [0.2, 0.25) is 0 Å². The molecular formula is C49H94O6. The molecule has 0 aromatic heterocycles. The normalized spacial score (nSPS) is 13.1. The maximum absolute atomic E-state index is 12.7. The summed E-state index contributed by atoms with van der Waals surface area (Å²) < 4.78 is 16.7. The SMILES string of the molecule is CCC(C)CCCCCCCCCCCCCCCCC(=O)OC[C@@H](COC(=O)CCCCCCCCC(C)C)OC(=O)CCCCCCCCC(C)CC. The van der Waals surface area contributed by atoms with E-state index in [0.29, 0.717) is 19.3 Å². The highest BCUT2D eigenvalue weighted by atomic mass is 16.6. The van der Waals surface area contributed by atoms with E-state index in [9.17, 15) is 14.4 Å². The summed E-state index contributed by atoms with van der Waals surface area (Å²) in [4.78, 5) is 37.7. The van der Waals surface area contributed by atoms with Crippen LogP contribution in [0.1, 0.15) is 260 Å². The van der Waals surface area contributed by atoms with Gasteiger partial charge < -0.3 is 14.2 Å². The fraction of sp³-hybridized carbons (Fsp3) is 0.939. The van der Waals surface area contributed by atoms with Crippen LogP contribution in [-0.2, 0) is 28.6 Å². The van der Waals surface area contributed by atoms with Crippen LogP contribution < -0.4 is 0 Å². The second-order valence-corrected chi connectivity index (χ2v) is 17.7. The lowest BCUT2D eigenvalue weighted by atomic mass is 9.99. The van der Waals surface area contributed by atoms with Crippen LogP contribution in [0.5, 0.6) is 0 Å². The average Bonchev–Trinajstić information content (AvgIpc) is 3.17. The van der Waals surface area contributed by atoms with Crippen molar-refractivity contribution in [2.45, 2.75) is 266 Å². The molecule has 326 valence electrons. The Morgan fingerprint density at radius 3 is 0.945 bits per heavy atom. The molecule has 0 fully saturated rings. The van der Waals surface area contributed by atoms with Crippen molar-refractivity contribution >= 4 is 17.9 Å². The van der Waals surface area contributed by atoms with Gasteiger partial charge in [-0.05, 0) is 37.0 Å². The smallest absolute Gasteiger partial charge is 0.306 e. The second-order valence-electron chi connectivity index (χ2n) is 17.7. The Morgan fingerprint density at radius 1 is 0.364 bits per heavy atom. The Kier molecular flexibility index (Phi) is 39.4. The van der Waals surface area contributed by atoms with Crippen LogP contribution >= 0.6 is 0 Å². The first kappa shape index (κ1) is 53.4. The number of unbranched alkanes of at least 4 members (excludes halogenated alkanes) is 23. The van der Waals surface area contributed by atoms with E-state index >= 15 is 0 Å². The van der Waals surface area contributed by atoms with E-state index in [1.54, 1.807) is 0 Å². The number of rotatable bonds is 42. The van der Waals surface area contributed by atoms with E-state index in [1.807, 2.05) is 0 Å². The Morgan fingerprint density at radius 2 is 0.636 bits per heavy atom. The van der Waals surface area contributed by atoms with E-state index in [2.05, 4.69) is 41.5 Å². The third kappa shape index (κ3) is 40.4. The Balaban J connectivity index is 4.24. The maximum atomic E-state index is 12.7. The van der Waals surface area contributed by atoms with Crippen molar-refractivity contribution in [1.29, 1.82) is 0 Å². The van der Waals surface area contributed by atoms with E-state index in [-0.39, 0.29) is 31.1 Å². The van der Waals surface area contributed by atoms with Gasteiger partial charge in [-0.15, -0.1) is 0 Å². The van der Waals surface area contributed by atoms with Crippen molar-refractivity contribution in [2.24, 2.45) is 17.8 Å². The van der Waals surface area contributed by atoms with Crippen LogP contribution in [0.15, 0.2) is 0 Å². The molecule has 0 aliphatic carbocycles. The highest BCUT2D eigenvalue weighted by Gasteiger charge is 2.19. The first-order valence-electron chi connectivity index (χ1n) is 24.2. The molecule has 0 saturated carbocycles. The van der Waals surface area contributed by atoms with Crippen molar-refractivity contribution in [3.05, 3.63) is 0 Å². The van der Waals surface area contributed by atoms with Crippen LogP contribution in [0.2, 0.25) is 0 Å². The number of hydrogen-bond donors (Lipinski definition) is 0. The van der Waals surface area contributed by atoms with Gasteiger partial charge in [0, 0.05) is 19.3 Å². The van der Waals surface area contributed by atoms with Gasteiger partial charge >= 0.3 is 17.9 Å². The second kappa shape index (κ2) is 40.6. The third-order valence-electron chi connectivity index (χ3n) is 11.6. The predicted molar refractivity (Wildman–Crippen MR) is 233 cm³/mol. The zero-order valence-corrected chi connectivity index (χ0v) is 37.7. The predicted octanol–water partition coefficient (Wildman–Crippen LogP) is 15.2. The summed E-state index contributed by atoms with van der Waals surface area (Å²) >= 11 is 0. The van der Waals surface area contributed by atoms with E-state index in [0.717, 1.165) is 75.5 Å². The highest BCUT2D eigenvalue weighted by molar-refractivity contribution is 5.71. The topological polar surface area (TPSA) is 78.9 Å². The zero-order chi connectivity index (χ0) is 40.6. The average molecular weight is 779 g/mol. The minimum Gasteiger partial charge on any atom is -0.462 e. The molecule has 0 rings (SSSR count). The minimum absolute atomic E-state index is 0.0668. The lowest BCUT2D eigenvalue weighted by Crippen LogP contribution is -2.30. The molecule has 2 unspecified atom stereocenters. The Bertz CT molecular complexity index is 856. The van der Waals surface area contributed by atoms with E-state index in [4.69, 9.17) is 14.2 Å². The molecule has 0 aromatic carbocycles. The molecule has 0 spiro atoms. The lowest BCUT2D eigenvalue weighted by Gasteiger charge is -2.18. The fourth-order valence-corrected chi connectivity index (χ4v) is 7.17. The fourth-order valence-electron chi connectivity index (χ4n) is 7.17. The molecule has 0 radical (unpaired) electrons. The number of ether oxygens (including phenoxy) is 3. The molecule has 0 bridgehead atoms. The summed E-state index contributed by atoms with van der Waals surface area (Å²) in [7, 11) is 0.